The van der Waals surface area contributed by atoms with Crippen molar-refractivity contribution in [2.75, 3.05) is 0 Å². The minimum Gasteiger partial charge on any atom is -0.386 e. The lowest BCUT2D eigenvalue weighted by Crippen LogP contribution is -2.15. The molecule has 0 saturated heterocycles. The van der Waals surface area contributed by atoms with Crippen LogP contribution >= 0.6 is 0 Å². The summed E-state index contributed by atoms with van der Waals surface area (Å²) < 4.78 is 0. The molecule has 58 valence electrons. The van der Waals surface area contributed by atoms with E-state index in [-0.39, 0.29) is 5.78 Å². The van der Waals surface area contributed by atoms with Crippen LogP contribution in [0.4, 0.5) is 0 Å². The predicted octanol–water partition coefficient (Wildman–Crippen LogP) is 1.29. The van der Waals surface area contributed by atoms with E-state index in [1.165, 1.54) is 6.92 Å². The van der Waals surface area contributed by atoms with Crippen molar-refractivity contribution in [1.82, 2.24) is 0 Å². The van der Waals surface area contributed by atoms with Gasteiger partial charge in [-0.2, -0.15) is 0 Å². The second-order valence-corrected chi connectivity index (χ2v) is 2.60. The van der Waals surface area contributed by atoms with Crippen LogP contribution in [0.2, 0.25) is 0 Å². The lowest BCUT2D eigenvalue weighted by atomic mass is 10.1. The van der Waals surface area contributed by atoms with E-state index in [1.54, 1.807) is 0 Å². The lowest BCUT2D eigenvalue weighted by Gasteiger charge is -2.01. The molecule has 0 saturated carbocycles. The number of aliphatic hydroxyl groups excluding tert-OH is 1. The lowest BCUT2D eigenvalue weighted by molar-refractivity contribution is -0.126. The summed E-state index contributed by atoms with van der Waals surface area (Å²) in [6, 6.07) is 0. The molecule has 0 amide bonds. The third-order valence-corrected chi connectivity index (χ3v) is 1.26. The zero-order valence-corrected chi connectivity index (χ0v) is 6.55. The van der Waals surface area contributed by atoms with E-state index in [9.17, 15) is 4.79 Å². The topological polar surface area (TPSA) is 37.3 Å². The molecule has 0 spiro atoms. The van der Waals surface area contributed by atoms with Gasteiger partial charge < -0.3 is 5.11 Å². The Labute approximate surface area is 61.6 Å². The van der Waals surface area contributed by atoms with E-state index in [1.807, 2.05) is 6.92 Å². The molecule has 0 aliphatic heterocycles. The number of carbonyl (C=O) groups excluding carboxylic acids is 1. The predicted molar refractivity (Wildman–Crippen MR) is 40.7 cm³/mol. The number of rotatable bonds is 4. The summed E-state index contributed by atoms with van der Waals surface area (Å²) in [5.74, 6) is -0.108. The van der Waals surface area contributed by atoms with Gasteiger partial charge in [-0.15, -0.1) is 6.58 Å². The molecular weight excluding hydrogens is 128 g/mol. The number of hydrogen-bond donors (Lipinski definition) is 1. The van der Waals surface area contributed by atoms with Gasteiger partial charge in [0.1, 0.15) is 6.10 Å². The van der Waals surface area contributed by atoms with Crippen molar-refractivity contribution in [3.8, 4) is 0 Å². The Morgan fingerprint density at radius 3 is 2.40 bits per heavy atom. The molecule has 0 aromatic carbocycles. The second-order valence-electron chi connectivity index (χ2n) is 2.60. The Balaban J connectivity index is 3.50. The third kappa shape index (κ3) is 4.27. The van der Waals surface area contributed by atoms with E-state index in [0.29, 0.717) is 12.8 Å². The molecule has 0 bridgehead atoms. The average molecular weight is 142 g/mol. The molecule has 1 atom stereocenters. The Bertz CT molecular complexity index is 136. The summed E-state index contributed by atoms with van der Waals surface area (Å²) in [5.41, 5.74) is 0.981. The highest BCUT2D eigenvalue weighted by Gasteiger charge is 2.07. The smallest absolute Gasteiger partial charge is 0.161 e. The van der Waals surface area contributed by atoms with Crippen molar-refractivity contribution in [1.29, 1.82) is 0 Å². The maximum atomic E-state index is 10.8. The molecule has 0 aromatic rings. The van der Waals surface area contributed by atoms with E-state index >= 15 is 0 Å². The highest BCUT2D eigenvalue weighted by atomic mass is 16.3. The van der Waals surface area contributed by atoms with Crippen LogP contribution in [0.15, 0.2) is 12.2 Å². The maximum Gasteiger partial charge on any atom is 0.161 e. The van der Waals surface area contributed by atoms with E-state index in [4.69, 9.17) is 5.11 Å². The fraction of sp³-hybridized carbons (Fsp3) is 0.625. The van der Waals surface area contributed by atoms with Gasteiger partial charge in [0.25, 0.3) is 0 Å². The van der Waals surface area contributed by atoms with Crippen LogP contribution in [0.25, 0.3) is 0 Å². The normalized spacial score (nSPS) is 12.7. The number of hydrogen-bond acceptors (Lipinski definition) is 2. The molecule has 1 N–H and O–H groups in total. The molecule has 0 radical (unpaired) electrons. The van der Waals surface area contributed by atoms with Gasteiger partial charge in [0.05, 0.1) is 0 Å². The van der Waals surface area contributed by atoms with Crippen LogP contribution in [0, 0.1) is 0 Å². The first-order valence-electron chi connectivity index (χ1n) is 3.39. The van der Waals surface area contributed by atoms with E-state index in [2.05, 4.69) is 6.58 Å². The van der Waals surface area contributed by atoms with Crippen LogP contribution in [0.1, 0.15) is 26.7 Å². The first-order chi connectivity index (χ1) is 4.54. The average Bonchev–Trinajstić information content (AvgIpc) is 1.82. The number of Topliss-reactive ketones (excluding diaryl/α,β-unsaturated/α-hetero) is 1. The summed E-state index contributed by atoms with van der Waals surface area (Å²) in [6.45, 7) is 7.01. The third-order valence-electron chi connectivity index (χ3n) is 1.26. The summed E-state index contributed by atoms with van der Waals surface area (Å²) in [4.78, 5) is 10.8. The molecule has 2 nitrogen and oxygen atoms in total. The van der Waals surface area contributed by atoms with Gasteiger partial charge >= 0.3 is 0 Å². The highest BCUT2D eigenvalue weighted by Crippen LogP contribution is 2.02. The summed E-state index contributed by atoms with van der Waals surface area (Å²) in [6.07, 6.45) is 0.274. The molecule has 10 heavy (non-hydrogen) atoms. The molecule has 0 aliphatic rings. The van der Waals surface area contributed by atoms with Crippen molar-refractivity contribution in [2.45, 2.75) is 32.8 Å². The number of carbonyl (C=O) groups is 1. The van der Waals surface area contributed by atoms with Crippen LogP contribution < -0.4 is 0 Å². The van der Waals surface area contributed by atoms with Crippen molar-refractivity contribution in [3.05, 3.63) is 12.2 Å². The van der Waals surface area contributed by atoms with Gasteiger partial charge in [-0.05, 0) is 20.3 Å². The highest BCUT2D eigenvalue weighted by molar-refractivity contribution is 5.82. The quantitative estimate of drug-likeness (QED) is 0.600. The molecule has 0 fully saturated rings. The fourth-order valence-corrected chi connectivity index (χ4v) is 0.545. The van der Waals surface area contributed by atoms with Gasteiger partial charge in [-0.3, -0.25) is 4.79 Å². The molecule has 0 aliphatic carbocycles. The summed E-state index contributed by atoms with van der Waals surface area (Å²) in [5, 5.41) is 8.75. The standard InChI is InChI=1S/C8H14O2/c1-6(2)4-5-8(10)7(3)9/h7,9H,1,4-5H2,2-3H3. The first kappa shape index (κ1) is 9.37. The zero-order chi connectivity index (χ0) is 8.15. The van der Waals surface area contributed by atoms with Gasteiger partial charge in [-0.1, -0.05) is 5.57 Å². The second kappa shape index (κ2) is 4.23. The van der Waals surface area contributed by atoms with Gasteiger partial charge in [0.2, 0.25) is 0 Å². The maximum absolute atomic E-state index is 10.8. The zero-order valence-electron chi connectivity index (χ0n) is 6.55. The Morgan fingerprint density at radius 2 is 2.10 bits per heavy atom. The monoisotopic (exact) mass is 142 g/mol. The van der Waals surface area contributed by atoms with Crippen molar-refractivity contribution in [2.24, 2.45) is 0 Å². The van der Waals surface area contributed by atoms with E-state index < -0.39 is 6.10 Å². The van der Waals surface area contributed by atoms with Crippen molar-refractivity contribution < 1.29 is 9.90 Å². The number of ketones is 1. The Kier molecular flexibility index (Phi) is 3.96. The van der Waals surface area contributed by atoms with Gasteiger partial charge in [0.15, 0.2) is 5.78 Å². The molecule has 2 heteroatoms. The van der Waals surface area contributed by atoms with Crippen LogP contribution in [-0.2, 0) is 4.79 Å². The molecule has 1 unspecified atom stereocenters. The summed E-state index contributed by atoms with van der Waals surface area (Å²) >= 11 is 0. The molecular formula is C8H14O2. The van der Waals surface area contributed by atoms with Crippen LogP contribution in [0.3, 0.4) is 0 Å². The van der Waals surface area contributed by atoms with Crippen LogP contribution in [0.5, 0.6) is 0 Å². The summed E-state index contributed by atoms with van der Waals surface area (Å²) in [7, 11) is 0. The minimum absolute atomic E-state index is 0.108. The van der Waals surface area contributed by atoms with Crippen LogP contribution in [-0.4, -0.2) is 17.0 Å². The molecule has 0 aromatic heterocycles. The first-order valence-corrected chi connectivity index (χ1v) is 3.39. The largest absolute Gasteiger partial charge is 0.386 e. The Morgan fingerprint density at radius 1 is 1.60 bits per heavy atom. The van der Waals surface area contributed by atoms with Gasteiger partial charge in [0, 0.05) is 6.42 Å². The molecule has 0 heterocycles. The van der Waals surface area contributed by atoms with E-state index in [0.717, 1.165) is 5.57 Å². The van der Waals surface area contributed by atoms with Gasteiger partial charge in [-0.25, -0.2) is 0 Å². The van der Waals surface area contributed by atoms with Crippen molar-refractivity contribution >= 4 is 5.78 Å². The van der Waals surface area contributed by atoms with Crippen molar-refractivity contribution in [3.63, 3.8) is 0 Å². The molecule has 0 rings (SSSR count). The number of allylic oxidation sites excluding steroid dienone is 1. The fourth-order valence-electron chi connectivity index (χ4n) is 0.545. The SMILES string of the molecule is C=C(C)CCC(=O)C(C)O. The number of aliphatic hydroxyl groups is 1. The minimum atomic E-state index is -0.820. The Hall–Kier alpha value is -0.630.